The van der Waals surface area contributed by atoms with Crippen LogP contribution in [0.2, 0.25) is 5.15 Å². The van der Waals surface area contributed by atoms with Crippen molar-refractivity contribution in [3.05, 3.63) is 29.4 Å². The Balaban J connectivity index is 1.83. The maximum atomic E-state index is 6.16. The minimum Gasteiger partial charge on any atom is -0.357 e. The van der Waals surface area contributed by atoms with Gasteiger partial charge in [0.25, 0.3) is 0 Å². The van der Waals surface area contributed by atoms with E-state index < -0.39 is 0 Å². The molecule has 116 valence electrons. The first-order chi connectivity index (χ1) is 10.1. The first kappa shape index (κ1) is 16.3. The van der Waals surface area contributed by atoms with E-state index in [-0.39, 0.29) is 0 Å². The summed E-state index contributed by atoms with van der Waals surface area (Å²) in [5, 5.41) is 0.551. The fraction of sp³-hybridized carbons (Fsp3) is 0.588. The summed E-state index contributed by atoms with van der Waals surface area (Å²) in [4.78, 5) is 9.11. The molecule has 1 aliphatic heterocycles. The molecule has 1 aliphatic rings. The van der Waals surface area contributed by atoms with Gasteiger partial charge in [0.05, 0.1) is 0 Å². The molecule has 0 N–H and O–H groups in total. The molecule has 21 heavy (non-hydrogen) atoms. The molecule has 1 aromatic heterocycles. The first-order valence-corrected chi connectivity index (χ1v) is 8.16. The summed E-state index contributed by atoms with van der Waals surface area (Å²) in [5.41, 5.74) is 0.902. The van der Waals surface area contributed by atoms with Crippen LogP contribution in [0.1, 0.15) is 31.2 Å². The smallest absolute Gasteiger partial charge is 0.138 e. The van der Waals surface area contributed by atoms with Gasteiger partial charge in [-0.1, -0.05) is 24.3 Å². The summed E-state index contributed by atoms with van der Waals surface area (Å²) in [7, 11) is 4.29. The topological polar surface area (TPSA) is 19.4 Å². The lowest BCUT2D eigenvalue weighted by atomic mass is 9.92. The average molecular weight is 308 g/mol. The molecular weight excluding hydrogens is 282 g/mol. The fourth-order valence-electron chi connectivity index (χ4n) is 2.91. The number of hydrogen-bond donors (Lipinski definition) is 0. The minimum absolute atomic E-state index is 0.551. The summed E-state index contributed by atoms with van der Waals surface area (Å²) in [6.07, 6.45) is 6.91. The molecule has 2 rings (SSSR count). The third-order valence-corrected chi connectivity index (χ3v) is 4.54. The van der Waals surface area contributed by atoms with E-state index in [9.17, 15) is 0 Å². The Kier molecular flexibility index (Phi) is 6.07. The molecule has 0 amide bonds. The molecule has 4 heteroatoms. The Morgan fingerprint density at radius 3 is 2.67 bits per heavy atom. The van der Waals surface area contributed by atoms with E-state index in [2.05, 4.69) is 41.5 Å². The minimum atomic E-state index is 0.551. The van der Waals surface area contributed by atoms with Crippen LogP contribution in [0.5, 0.6) is 0 Å². The Hall–Kier alpha value is -1.06. The van der Waals surface area contributed by atoms with Crippen molar-refractivity contribution in [2.45, 2.75) is 25.7 Å². The number of hydrogen-bond acceptors (Lipinski definition) is 3. The van der Waals surface area contributed by atoms with Gasteiger partial charge in [-0.2, -0.15) is 0 Å². The SMILES string of the molecule is C=Cc1ccc(N2CCC(CCCN(C)C)CC2)nc1Cl. The second kappa shape index (κ2) is 7.81. The van der Waals surface area contributed by atoms with Crippen molar-refractivity contribution in [1.82, 2.24) is 9.88 Å². The van der Waals surface area contributed by atoms with E-state index in [1.807, 2.05) is 6.07 Å². The second-order valence-electron chi connectivity index (χ2n) is 6.13. The number of pyridine rings is 1. The van der Waals surface area contributed by atoms with Gasteiger partial charge in [-0.3, -0.25) is 0 Å². The van der Waals surface area contributed by atoms with Gasteiger partial charge in [-0.15, -0.1) is 0 Å². The molecule has 0 bridgehead atoms. The van der Waals surface area contributed by atoms with Crippen molar-refractivity contribution in [2.24, 2.45) is 5.92 Å². The predicted octanol–water partition coefficient (Wildman–Crippen LogP) is 3.94. The van der Waals surface area contributed by atoms with E-state index in [1.54, 1.807) is 6.08 Å². The van der Waals surface area contributed by atoms with Gasteiger partial charge < -0.3 is 9.80 Å². The van der Waals surface area contributed by atoms with Gasteiger partial charge in [-0.05, 0) is 64.4 Å². The normalized spacial score (nSPS) is 16.5. The van der Waals surface area contributed by atoms with Crippen LogP contribution in [0.25, 0.3) is 6.08 Å². The van der Waals surface area contributed by atoms with Crippen LogP contribution in [-0.2, 0) is 0 Å². The van der Waals surface area contributed by atoms with Crippen LogP contribution < -0.4 is 4.90 Å². The van der Waals surface area contributed by atoms with Gasteiger partial charge in [0.2, 0.25) is 0 Å². The van der Waals surface area contributed by atoms with E-state index in [0.717, 1.165) is 30.4 Å². The number of aromatic nitrogens is 1. The Morgan fingerprint density at radius 1 is 1.38 bits per heavy atom. The zero-order chi connectivity index (χ0) is 15.2. The number of nitrogens with zero attached hydrogens (tertiary/aromatic N) is 3. The Bertz CT molecular complexity index is 465. The molecule has 2 heterocycles. The van der Waals surface area contributed by atoms with E-state index in [4.69, 9.17) is 11.6 Å². The highest BCUT2D eigenvalue weighted by Crippen LogP contribution is 2.27. The van der Waals surface area contributed by atoms with E-state index in [1.165, 1.54) is 32.2 Å². The van der Waals surface area contributed by atoms with Crippen molar-refractivity contribution in [3.63, 3.8) is 0 Å². The van der Waals surface area contributed by atoms with Gasteiger partial charge in [-0.25, -0.2) is 4.98 Å². The third kappa shape index (κ3) is 4.72. The molecule has 0 spiro atoms. The molecule has 0 unspecified atom stereocenters. The monoisotopic (exact) mass is 307 g/mol. The standard InChI is InChI=1S/C17H26ClN3/c1-4-15-7-8-16(19-17(15)18)21-12-9-14(10-13-21)6-5-11-20(2)3/h4,7-8,14H,1,5-6,9-13H2,2-3H3. The maximum absolute atomic E-state index is 6.16. The largest absolute Gasteiger partial charge is 0.357 e. The van der Waals surface area contributed by atoms with Crippen molar-refractivity contribution in [1.29, 1.82) is 0 Å². The maximum Gasteiger partial charge on any atom is 0.138 e. The zero-order valence-electron chi connectivity index (χ0n) is 13.2. The van der Waals surface area contributed by atoms with Crippen molar-refractivity contribution < 1.29 is 0 Å². The van der Waals surface area contributed by atoms with Crippen LogP contribution >= 0.6 is 11.6 Å². The van der Waals surface area contributed by atoms with Gasteiger partial charge in [0.15, 0.2) is 0 Å². The van der Waals surface area contributed by atoms with E-state index in [0.29, 0.717) is 5.15 Å². The van der Waals surface area contributed by atoms with Crippen LogP contribution in [0, 0.1) is 5.92 Å². The first-order valence-electron chi connectivity index (χ1n) is 7.79. The van der Waals surface area contributed by atoms with Crippen molar-refractivity contribution in [2.75, 3.05) is 38.6 Å². The summed E-state index contributed by atoms with van der Waals surface area (Å²) >= 11 is 6.16. The number of rotatable bonds is 6. The molecular formula is C17H26ClN3. The van der Waals surface area contributed by atoms with Crippen LogP contribution in [0.3, 0.4) is 0 Å². The molecule has 0 aromatic carbocycles. The third-order valence-electron chi connectivity index (χ3n) is 4.24. The zero-order valence-corrected chi connectivity index (χ0v) is 13.9. The highest BCUT2D eigenvalue weighted by molar-refractivity contribution is 6.30. The quantitative estimate of drug-likeness (QED) is 0.742. The van der Waals surface area contributed by atoms with Crippen LogP contribution in [0.4, 0.5) is 5.82 Å². The summed E-state index contributed by atoms with van der Waals surface area (Å²) < 4.78 is 0. The van der Waals surface area contributed by atoms with Gasteiger partial charge in [0.1, 0.15) is 11.0 Å². The number of anilines is 1. The van der Waals surface area contributed by atoms with Crippen LogP contribution in [0.15, 0.2) is 18.7 Å². The second-order valence-corrected chi connectivity index (χ2v) is 6.49. The van der Waals surface area contributed by atoms with Gasteiger partial charge >= 0.3 is 0 Å². The lowest BCUT2D eigenvalue weighted by Gasteiger charge is -2.33. The van der Waals surface area contributed by atoms with Crippen LogP contribution in [-0.4, -0.2) is 43.6 Å². The van der Waals surface area contributed by atoms with E-state index >= 15 is 0 Å². The molecule has 1 saturated heterocycles. The molecule has 3 nitrogen and oxygen atoms in total. The summed E-state index contributed by atoms with van der Waals surface area (Å²) in [5.74, 6) is 1.86. The lowest BCUT2D eigenvalue weighted by Crippen LogP contribution is -2.34. The lowest BCUT2D eigenvalue weighted by molar-refractivity contribution is 0.331. The molecule has 1 aromatic rings. The molecule has 0 radical (unpaired) electrons. The number of halogens is 1. The molecule has 0 aliphatic carbocycles. The predicted molar refractivity (Wildman–Crippen MR) is 92.1 cm³/mol. The Morgan fingerprint density at radius 2 is 2.10 bits per heavy atom. The number of piperidine rings is 1. The molecule has 0 atom stereocenters. The van der Waals surface area contributed by atoms with Crippen molar-refractivity contribution >= 4 is 23.5 Å². The highest BCUT2D eigenvalue weighted by atomic mass is 35.5. The Labute approximate surface area is 133 Å². The van der Waals surface area contributed by atoms with Crippen molar-refractivity contribution in [3.8, 4) is 0 Å². The summed E-state index contributed by atoms with van der Waals surface area (Å²) in [6, 6.07) is 4.05. The average Bonchev–Trinajstić information content (AvgIpc) is 2.47. The summed E-state index contributed by atoms with van der Waals surface area (Å²) in [6.45, 7) is 7.11. The molecule has 1 fully saturated rings. The highest BCUT2D eigenvalue weighted by Gasteiger charge is 2.20. The van der Waals surface area contributed by atoms with Gasteiger partial charge in [0, 0.05) is 18.7 Å². The molecule has 0 saturated carbocycles. The fourth-order valence-corrected chi connectivity index (χ4v) is 3.14.